The fourth-order valence-electron chi connectivity index (χ4n) is 1.48. The van der Waals surface area contributed by atoms with Gasteiger partial charge < -0.3 is 15.6 Å². The zero-order chi connectivity index (χ0) is 11.7. The van der Waals surface area contributed by atoms with Gasteiger partial charge in [0.05, 0.1) is 6.04 Å². The number of aldehydes is 1. The van der Waals surface area contributed by atoms with Gasteiger partial charge in [0.25, 0.3) is 0 Å². The average molecular weight is 216 g/mol. The van der Waals surface area contributed by atoms with Crippen molar-refractivity contribution in [3.8, 4) is 0 Å². The van der Waals surface area contributed by atoms with Crippen LogP contribution in [0.4, 0.5) is 0 Å². The van der Waals surface area contributed by atoms with E-state index >= 15 is 0 Å². The van der Waals surface area contributed by atoms with Crippen molar-refractivity contribution in [2.24, 2.45) is 11.7 Å². The van der Waals surface area contributed by atoms with Crippen LogP contribution in [0.25, 0.3) is 0 Å². The third-order valence-electron chi connectivity index (χ3n) is 2.23. The molecule has 0 bridgehead atoms. The van der Waals surface area contributed by atoms with Gasteiger partial charge in [0.1, 0.15) is 12.5 Å². The van der Waals surface area contributed by atoms with E-state index < -0.39 is 6.23 Å². The summed E-state index contributed by atoms with van der Waals surface area (Å²) in [5.41, 5.74) is 5.35. The Morgan fingerprint density at radius 1 is 1.40 bits per heavy atom. The maximum Gasteiger partial charge on any atom is 0.136 e. The summed E-state index contributed by atoms with van der Waals surface area (Å²) >= 11 is 0. The highest BCUT2D eigenvalue weighted by molar-refractivity contribution is 5.57. The zero-order valence-electron chi connectivity index (χ0n) is 9.78. The summed E-state index contributed by atoms with van der Waals surface area (Å²) in [5, 5.41) is 12.5. The monoisotopic (exact) mass is 216 g/mol. The molecular weight excluding hydrogens is 192 g/mol. The second kappa shape index (κ2) is 8.83. The van der Waals surface area contributed by atoms with E-state index in [1.54, 1.807) is 0 Å². The van der Waals surface area contributed by atoms with Crippen LogP contribution in [0.5, 0.6) is 0 Å². The lowest BCUT2D eigenvalue weighted by Crippen LogP contribution is -2.40. The number of hydrogen-bond donors (Lipinski definition) is 3. The molecule has 0 rings (SSSR count). The average Bonchev–Trinajstić information content (AvgIpc) is 2.16. The first-order valence-electron chi connectivity index (χ1n) is 5.69. The van der Waals surface area contributed by atoms with Gasteiger partial charge in [-0.1, -0.05) is 13.8 Å². The molecule has 0 saturated heterocycles. The number of aliphatic hydroxyl groups excluding tert-OH is 1. The SMILES string of the molecule is CC(C)C[C@@H](C=O)NC(O)CCCCN. The quantitative estimate of drug-likeness (QED) is 0.300. The van der Waals surface area contributed by atoms with E-state index in [2.05, 4.69) is 19.2 Å². The third-order valence-corrected chi connectivity index (χ3v) is 2.23. The number of hydrogen-bond acceptors (Lipinski definition) is 4. The second-order valence-electron chi connectivity index (χ2n) is 4.34. The first-order valence-corrected chi connectivity index (χ1v) is 5.69. The van der Waals surface area contributed by atoms with Gasteiger partial charge in [0.15, 0.2) is 0 Å². The van der Waals surface area contributed by atoms with Crippen molar-refractivity contribution in [1.29, 1.82) is 0 Å². The lowest BCUT2D eigenvalue weighted by Gasteiger charge is -2.19. The summed E-state index contributed by atoms with van der Waals surface area (Å²) in [6.07, 6.45) is 3.49. The zero-order valence-corrected chi connectivity index (χ0v) is 9.78. The molecule has 4 nitrogen and oxygen atoms in total. The highest BCUT2D eigenvalue weighted by atomic mass is 16.3. The summed E-state index contributed by atoms with van der Waals surface area (Å²) < 4.78 is 0. The lowest BCUT2D eigenvalue weighted by molar-refractivity contribution is -0.110. The Morgan fingerprint density at radius 2 is 2.07 bits per heavy atom. The molecule has 0 aromatic heterocycles. The van der Waals surface area contributed by atoms with Gasteiger partial charge in [0, 0.05) is 0 Å². The van der Waals surface area contributed by atoms with E-state index in [1.807, 2.05) is 0 Å². The fourth-order valence-corrected chi connectivity index (χ4v) is 1.48. The molecule has 0 aliphatic rings. The van der Waals surface area contributed by atoms with Crippen molar-refractivity contribution < 1.29 is 9.90 Å². The second-order valence-corrected chi connectivity index (χ2v) is 4.34. The summed E-state index contributed by atoms with van der Waals surface area (Å²) in [6.45, 7) is 4.76. The Morgan fingerprint density at radius 3 is 2.53 bits per heavy atom. The minimum absolute atomic E-state index is 0.238. The smallest absolute Gasteiger partial charge is 0.136 e. The largest absolute Gasteiger partial charge is 0.379 e. The summed E-state index contributed by atoms with van der Waals surface area (Å²) in [6, 6.07) is -0.238. The van der Waals surface area contributed by atoms with Gasteiger partial charge in [-0.2, -0.15) is 0 Å². The molecule has 90 valence electrons. The first-order chi connectivity index (χ1) is 7.10. The molecule has 4 heteroatoms. The van der Waals surface area contributed by atoms with Crippen molar-refractivity contribution in [2.75, 3.05) is 6.54 Å². The standard InChI is InChI=1S/C11H24N2O2/c1-9(2)7-10(8-14)13-11(15)5-3-4-6-12/h8-11,13,15H,3-7,12H2,1-2H3/t10-,11?/m0/s1. The predicted molar refractivity (Wildman–Crippen MR) is 61.4 cm³/mol. The number of unbranched alkanes of at least 4 members (excludes halogenated alkanes) is 1. The maximum absolute atomic E-state index is 10.7. The van der Waals surface area contributed by atoms with Crippen LogP contribution in [0.3, 0.4) is 0 Å². The predicted octanol–water partition coefficient (Wildman–Crippen LogP) is 0.637. The molecule has 0 aliphatic heterocycles. The normalized spacial score (nSPS) is 15.3. The van der Waals surface area contributed by atoms with Crippen LogP contribution in [0, 0.1) is 5.92 Å². The lowest BCUT2D eigenvalue weighted by atomic mass is 10.0. The van der Waals surface area contributed by atoms with Gasteiger partial charge in [0.2, 0.25) is 0 Å². The van der Waals surface area contributed by atoms with Crippen molar-refractivity contribution >= 4 is 6.29 Å². The molecular formula is C11H24N2O2. The molecule has 0 fully saturated rings. The van der Waals surface area contributed by atoms with Gasteiger partial charge in [-0.15, -0.1) is 0 Å². The molecule has 4 N–H and O–H groups in total. The van der Waals surface area contributed by atoms with Gasteiger partial charge in [-0.25, -0.2) is 0 Å². The van der Waals surface area contributed by atoms with Crippen LogP contribution in [-0.2, 0) is 4.79 Å². The van der Waals surface area contributed by atoms with Crippen molar-refractivity contribution in [1.82, 2.24) is 5.32 Å². The summed E-state index contributed by atoms with van der Waals surface area (Å²) in [4.78, 5) is 10.7. The minimum Gasteiger partial charge on any atom is -0.379 e. The Bertz CT molecular complexity index is 163. The van der Waals surface area contributed by atoms with E-state index in [0.717, 1.165) is 25.5 Å². The van der Waals surface area contributed by atoms with Crippen LogP contribution in [0.1, 0.15) is 39.5 Å². The van der Waals surface area contributed by atoms with E-state index in [4.69, 9.17) is 5.73 Å². The summed E-state index contributed by atoms with van der Waals surface area (Å²) in [7, 11) is 0. The van der Waals surface area contributed by atoms with Gasteiger partial charge in [-0.3, -0.25) is 5.32 Å². The maximum atomic E-state index is 10.7. The molecule has 2 atom stereocenters. The molecule has 1 unspecified atom stereocenters. The molecule has 0 aromatic rings. The Labute approximate surface area is 92.2 Å². The fraction of sp³-hybridized carbons (Fsp3) is 0.909. The number of rotatable bonds is 9. The van der Waals surface area contributed by atoms with Crippen molar-refractivity contribution in [3.63, 3.8) is 0 Å². The number of nitrogens with one attached hydrogen (secondary N) is 1. The number of carbonyl (C=O) groups is 1. The van der Waals surface area contributed by atoms with E-state index in [0.29, 0.717) is 18.9 Å². The topological polar surface area (TPSA) is 75.3 Å². The number of aliphatic hydroxyl groups is 1. The molecule has 15 heavy (non-hydrogen) atoms. The molecule has 0 aliphatic carbocycles. The molecule has 0 heterocycles. The van der Waals surface area contributed by atoms with Crippen LogP contribution < -0.4 is 11.1 Å². The third kappa shape index (κ3) is 8.54. The van der Waals surface area contributed by atoms with Crippen LogP contribution in [0.2, 0.25) is 0 Å². The Balaban J connectivity index is 3.70. The molecule has 0 aromatic carbocycles. The molecule has 0 spiro atoms. The highest BCUT2D eigenvalue weighted by Crippen LogP contribution is 2.05. The van der Waals surface area contributed by atoms with Crippen molar-refractivity contribution in [3.05, 3.63) is 0 Å². The number of carbonyl (C=O) groups excluding carboxylic acids is 1. The van der Waals surface area contributed by atoms with Gasteiger partial charge in [-0.05, 0) is 38.1 Å². The number of nitrogens with two attached hydrogens (primary N) is 1. The minimum atomic E-state index is -0.592. The van der Waals surface area contributed by atoms with Crippen LogP contribution in [0.15, 0.2) is 0 Å². The van der Waals surface area contributed by atoms with Gasteiger partial charge >= 0.3 is 0 Å². The Kier molecular flexibility index (Phi) is 8.56. The molecule has 0 amide bonds. The highest BCUT2D eigenvalue weighted by Gasteiger charge is 2.13. The first kappa shape index (κ1) is 14.6. The Hall–Kier alpha value is -0.450. The van der Waals surface area contributed by atoms with E-state index in [-0.39, 0.29) is 6.04 Å². The van der Waals surface area contributed by atoms with Crippen molar-refractivity contribution in [2.45, 2.75) is 51.8 Å². The van der Waals surface area contributed by atoms with E-state index in [1.165, 1.54) is 0 Å². The summed E-state index contributed by atoms with van der Waals surface area (Å²) in [5.74, 6) is 0.448. The van der Waals surface area contributed by atoms with Crippen LogP contribution >= 0.6 is 0 Å². The molecule has 0 radical (unpaired) electrons. The van der Waals surface area contributed by atoms with Crippen LogP contribution in [-0.4, -0.2) is 30.2 Å². The van der Waals surface area contributed by atoms with E-state index in [9.17, 15) is 9.90 Å². The molecule has 0 saturated carbocycles.